The van der Waals surface area contributed by atoms with E-state index in [-0.39, 0.29) is 11.8 Å². The van der Waals surface area contributed by atoms with Gasteiger partial charge in [-0.25, -0.2) is 14.6 Å². The van der Waals surface area contributed by atoms with Crippen LogP contribution >= 0.6 is 0 Å². The summed E-state index contributed by atoms with van der Waals surface area (Å²) < 4.78 is 1.74. The van der Waals surface area contributed by atoms with Gasteiger partial charge in [-0.15, -0.1) is 0 Å². The molecule has 0 bridgehead atoms. The molecule has 1 atom stereocenters. The zero-order chi connectivity index (χ0) is 24.6. The Morgan fingerprint density at radius 3 is 2.67 bits per heavy atom. The summed E-state index contributed by atoms with van der Waals surface area (Å²) in [7, 11) is 0. The Labute approximate surface area is 207 Å². The van der Waals surface area contributed by atoms with E-state index in [4.69, 9.17) is 5.10 Å². The van der Waals surface area contributed by atoms with Gasteiger partial charge in [0.2, 0.25) is 0 Å². The second kappa shape index (κ2) is 8.74. The van der Waals surface area contributed by atoms with Gasteiger partial charge in [-0.05, 0) is 43.7 Å². The summed E-state index contributed by atoms with van der Waals surface area (Å²) in [5.74, 6) is 0.918. The van der Waals surface area contributed by atoms with Crippen molar-refractivity contribution in [3.63, 3.8) is 0 Å². The second-order valence-electron chi connectivity index (χ2n) is 8.83. The first-order chi connectivity index (χ1) is 17.6. The molecule has 8 nitrogen and oxygen atoms in total. The number of aryl methyl sites for hydroxylation is 1. The Morgan fingerprint density at radius 2 is 1.83 bits per heavy atom. The summed E-state index contributed by atoms with van der Waals surface area (Å²) in [4.78, 5) is 15.8. The van der Waals surface area contributed by atoms with E-state index in [1.165, 1.54) is 0 Å². The van der Waals surface area contributed by atoms with Crippen molar-refractivity contribution in [1.82, 2.24) is 29.7 Å². The molecule has 6 rings (SSSR count). The minimum atomic E-state index is -0.0420. The average molecular weight is 476 g/mol. The Kier molecular flexibility index (Phi) is 5.26. The maximum Gasteiger partial charge on any atom is 0.143 e. The Morgan fingerprint density at radius 1 is 0.972 bits per heavy atom. The molecule has 0 radical (unpaired) electrons. The molecule has 0 amide bonds. The third-order valence-corrected chi connectivity index (χ3v) is 6.28. The van der Waals surface area contributed by atoms with Gasteiger partial charge < -0.3 is 20.4 Å². The summed E-state index contributed by atoms with van der Waals surface area (Å²) in [6.45, 7) is 4.19. The number of phenolic OH excluding ortho intramolecular Hbond substituents is 1. The van der Waals surface area contributed by atoms with Crippen LogP contribution in [0.15, 0.2) is 85.5 Å². The predicted molar refractivity (Wildman–Crippen MR) is 141 cm³/mol. The van der Waals surface area contributed by atoms with Gasteiger partial charge in [-0.2, -0.15) is 5.10 Å². The zero-order valence-electron chi connectivity index (χ0n) is 19.9. The van der Waals surface area contributed by atoms with Crippen LogP contribution in [0.4, 0.5) is 5.82 Å². The van der Waals surface area contributed by atoms with Crippen molar-refractivity contribution < 1.29 is 5.11 Å². The van der Waals surface area contributed by atoms with Crippen molar-refractivity contribution in [1.29, 1.82) is 0 Å². The lowest BCUT2D eigenvalue weighted by Crippen LogP contribution is -2.10. The highest BCUT2D eigenvalue weighted by atomic mass is 16.3. The number of phenols is 1. The summed E-state index contributed by atoms with van der Waals surface area (Å²) in [5.41, 5.74) is 7.70. The van der Waals surface area contributed by atoms with Gasteiger partial charge in [0.05, 0.1) is 22.8 Å². The summed E-state index contributed by atoms with van der Waals surface area (Å²) >= 11 is 0. The van der Waals surface area contributed by atoms with Crippen molar-refractivity contribution in [2.24, 2.45) is 0 Å². The first-order valence-corrected chi connectivity index (χ1v) is 11.8. The van der Waals surface area contributed by atoms with E-state index in [0.29, 0.717) is 0 Å². The number of aromatic nitrogens is 6. The van der Waals surface area contributed by atoms with E-state index in [0.717, 1.165) is 56.3 Å². The molecule has 4 aromatic heterocycles. The number of aromatic hydroxyl groups is 1. The van der Waals surface area contributed by atoms with Crippen LogP contribution < -0.4 is 5.32 Å². The first kappa shape index (κ1) is 21.7. The Hall–Kier alpha value is -4.85. The number of benzene rings is 2. The summed E-state index contributed by atoms with van der Waals surface area (Å²) in [5, 5.41) is 19.1. The molecule has 0 saturated heterocycles. The van der Waals surface area contributed by atoms with Crippen LogP contribution in [0.5, 0.6) is 5.75 Å². The minimum absolute atomic E-state index is 0.0420. The van der Waals surface area contributed by atoms with Crippen molar-refractivity contribution in [2.45, 2.75) is 19.9 Å². The highest BCUT2D eigenvalue weighted by molar-refractivity contribution is 6.00. The third kappa shape index (κ3) is 3.88. The summed E-state index contributed by atoms with van der Waals surface area (Å²) in [6, 6.07) is 21.4. The zero-order valence-corrected chi connectivity index (χ0v) is 19.9. The lowest BCUT2D eigenvalue weighted by molar-refractivity contribution is 0.475. The molecule has 178 valence electrons. The monoisotopic (exact) mass is 475 g/mol. The molecule has 0 aliphatic heterocycles. The van der Waals surface area contributed by atoms with Crippen LogP contribution in [0.1, 0.15) is 24.4 Å². The number of fused-ring (bicyclic) bond motifs is 1. The molecule has 0 spiro atoms. The molecular formula is C28H25N7O. The normalized spacial score (nSPS) is 12.2. The minimum Gasteiger partial charge on any atom is -0.508 e. The first-order valence-electron chi connectivity index (χ1n) is 11.8. The highest BCUT2D eigenvalue weighted by Gasteiger charge is 2.20. The molecule has 36 heavy (non-hydrogen) atoms. The molecule has 4 N–H and O–H groups in total. The van der Waals surface area contributed by atoms with Crippen LogP contribution in [-0.4, -0.2) is 34.8 Å². The standard InChI is InChI=1S/C28H25N7O/c1-17-13-22(19-7-4-3-5-8-19)26(32-17)18(2)33-28-25-23(15-29-27(25)30-16-31-28)24-11-12-35(34-24)20-9-6-10-21(36)14-20/h3-16,18,32,36H,1-2H3,(H2,29,30,31,33)/t18-/m0/s1. The second-order valence-corrected chi connectivity index (χ2v) is 8.83. The molecule has 4 heterocycles. The molecule has 0 unspecified atom stereocenters. The van der Waals surface area contributed by atoms with Gasteiger partial charge in [-0.1, -0.05) is 36.4 Å². The predicted octanol–water partition coefficient (Wildman–Crippen LogP) is 5.99. The molecule has 0 saturated carbocycles. The lowest BCUT2D eigenvalue weighted by Gasteiger charge is -2.17. The van der Waals surface area contributed by atoms with Gasteiger partial charge in [0.1, 0.15) is 23.5 Å². The molecule has 2 aromatic carbocycles. The highest BCUT2D eigenvalue weighted by Crippen LogP contribution is 2.35. The summed E-state index contributed by atoms with van der Waals surface area (Å²) in [6.07, 6.45) is 5.33. The van der Waals surface area contributed by atoms with Gasteiger partial charge in [0.15, 0.2) is 0 Å². The number of rotatable bonds is 6. The van der Waals surface area contributed by atoms with Gasteiger partial charge in [0.25, 0.3) is 0 Å². The average Bonchev–Trinajstić information content (AvgIpc) is 3.63. The molecule has 8 heteroatoms. The van der Waals surface area contributed by atoms with Crippen molar-refractivity contribution >= 4 is 16.9 Å². The maximum atomic E-state index is 9.84. The Balaban J connectivity index is 1.37. The van der Waals surface area contributed by atoms with Crippen molar-refractivity contribution in [3.05, 3.63) is 96.8 Å². The number of anilines is 1. The smallest absolute Gasteiger partial charge is 0.143 e. The quantitative estimate of drug-likeness (QED) is 0.237. The fourth-order valence-corrected chi connectivity index (χ4v) is 4.61. The van der Waals surface area contributed by atoms with Crippen LogP contribution in [0.2, 0.25) is 0 Å². The number of hydrogen-bond acceptors (Lipinski definition) is 5. The number of H-pyrrole nitrogens is 2. The van der Waals surface area contributed by atoms with Crippen LogP contribution in [-0.2, 0) is 0 Å². The maximum absolute atomic E-state index is 9.84. The van der Waals surface area contributed by atoms with Crippen LogP contribution in [0, 0.1) is 6.92 Å². The molecule has 0 aliphatic carbocycles. The van der Waals surface area contributed by atoms with Crippen LogP contribution in [0.3, 0.4) is 0 Å². The molecule has 0 fully saturated rings. The SMILES string of the molecule is Cc1cc(-c2ccccc2)c([C@H](C)Nc2ncnc3[nH]cc(-c4ccn(-c5cccc(O)c5)n4)c23)[nH]1. The van der Waals surface area contributed by atoms with E-state index in [1.807, 2.05) is 30.6 Å². The van der Waals surface area contributed by atoms with Crippen molar-refractivity contribution in [2.75, 3.05) is 5.32 Å². The van der Waals surface area contributed by atoms with Crippen molar-refractivity contribution in [3.8, 4) is 33.8 Å². The van der Waals surface area contributed by atoms with E-state index in [2.05, 4.69) is 69.4 Å². The van der Waals surface area contributed by atoms with Crippen LogP contribution in [0.25, 0.3) is 39.1 Å². The Bertz CT molecular complexity index is 1660. The third-order valence-electron chi connectivity index (χ3n) is 6.28. The number of nitrogens with zero attached hydrogens (tertiary/aromatic N) is 4. The van der Waals surface area contributed by atoms with E-state index in [1.54, 1.807) is 29.2 Å². The topological polar surface area (TPSA) is 107 Å². The number of nitrogens with one attached hydrogen (secondary N) is 3. The van der Waals surface area contributed by atoms with E-state index in [9.17, 15) is 5.11 Å². The lowest BCUT2D eigenvalue weighted by atomic mass is 10.0. The molecule has 0 aliphatic rings. The van der Waals surface area contributed by atoms with Gasteiger partial charge in [-0.3, -0.25) is 0 Å². The van der Waals surface area contributed by atoms with Gasteiger partial charge >= 0.3 is 0 Å². The number of aromatic amines is 2. The van der Waals surface area contributed by atoms with Gasteiger partial charge in [0, 0.05) is 41.0 Å². The number of hydrogen-bond donors (Lipinski definition) is 4. The van der Waals surface area contributed by atoms with E-state index >= 15 is 0 Å². The molecular weight excluding hydrogens is 450 g/mol. The van der Waals surface area contributed by atoms with E-state index < -0.39 is 0 Å². The fourth-order valence-electron chi connectivity index (χ4n) is 4.61. The molecule has 6 aromatic rings. The fraction of sp³-hybridized carbons (Fsp3) is 0.107. The largest absolute Gasteiger partial charge is 0.508 e.